The van der Waals surface area contributed by atoms with Crippen LogP contribution in [0.4, 0.5) is 29.3 Å². The zero-order chi connectivity index (χ0) is 26.9. The highest BCUT2D eigenvalue weighted by Crippen LogP contribution is 2.37. The molecule has 0 aromatic heterocycles. The number of halogens is 3. The lowest BCUT2D eigenvalue weighted by Gasteiger charge is -2.13. The molecule has 1 aliphatic heterocycles. The normalized spacial score (nSPS) is 14.6. The summed E-state index contributed by atoms with van der Waals surface area (Å²) in [6, 6.07) is 14.8. The third kappa shape index (κ3) is 5.22. The van der Waals surface area contributed by atoms with Crippen LogP contribution in [-0.2, 0) is 4.79 Å². The summed E-state index contributed by atoms with van der Waals surface area (Å²) in [4.78, 5) is 23.7. The van der Waals surface area contributed by atoms with Gasteiger partial charge >= 0.3 is 18.2 Å². The van der Waals surface area contributed by atoms with Gasteiger partial charge in [0.25, 0.3) is 0 Å². The molecule has 0 saturated carbocycles. The molecule has 0 bridgehead atoms. The third-order valence-corrected chi connectivity index (χ3v) is 5.50. The number of nitrogens with one attached hydrogen (secondary N) is 1. The number of hydrogen-bond donors (Lipinski definition) is 3. The highest BCUT2D eigenvalue weighted by atomic mass is 19.4. The molecule has 1 heterocycles. The molecule has 0 spiro atoms. The number of aryl methyl sites for hydroxylation is 2. The predicted octanol–water partition coefficient (Wildman–Crippen LogP) is 5.47. The molecule has 0 fully saturated rings. The van der Waals surface area contributed by atoms with E-state index in [0.29, 0.717) is 10.6 Å². The van der Waals surface area contributed by atoms with E-state index >= 15 is 0 Å². The fraction of sp³-hybridized carbons (Fsp3) is 0.120. The van der Waals surface area contributed by atoms with Gasteiger partial charge in [-0.15, -0.1) is 0 Å². The Hall–Kier alpha value is -4.87. The second kappa shape index (κ2) is 9.64. The first-order valence-corrected chi connectivity index (χ1v) is 10.7. The molecule has 12 heteroatoms. The van der Waals surface area contributed by atoms with Crippen LogP contribution in [0.25, 0.3) is 11.1 Å². The fourth-order valence-electron chi connectivity index (χ4n) is 3.53. The van der Waals surface area contributed by atoms with Gasteiger partial charge in [0, 0.05) is 5.56 Å². The fourth-order valence-corrected chi connectivity index (χ4v) is 3.53. The van der Waals surface area contributed by atoms with Crippen LogP contribution in [0, 0.1) is 13.8 Å². The lowest BCUT2D eigenvalue weighted by molar-refractivity contribution is -0.112. The maximum absolute atomic E-state index is 13.7. The van der Waals surface area contributed by atoms with Crippen LogP contribution in [-0.4, -0.2) is 39.9 Å². The topological polar surface area (TPSA) is 124 Å². The number of carboxylic acid groups (broad SMARTS) is 1. The minimum atomic E-state index is -4.97. The summed E-state index contributed by atoms with van der Waals surface area (Å²) in [5.74, 6) is -1.50. The number of nitrogens with zero attached hydrogens (tertiary/aromatic N) is 3. The summed E-state index contributed by atoms with van der Waals surface area (Å²) in [7, 11) is 0. The molecule has 1 aliphatic rings. The number of phenols is 1. The molecule has 190 valence electrons. The highest BCUT2D eigenvalue weighted by Gasteiger charge is 2.48. The van der Waals surface area contributed by atoms with E-state index in [2.05, 4.69) is 20.4 Å². The monoisotopic (exact) mass is 512 g/mol. The first-order valence-electron chi connectivity index (χ1n) is 10.7. The number of carbonyl (C=O) groups is 2. The summed E-state index contributed by atoms with van der Waals surface area (Å²) >= 11 is 0. The molecule has 0 atom stereocenters. The smallest absolute Gasteiger partial charge is 0.505 e. The number of phenolic OH excluding ortho intramolecular Hbond substituents is 1. The van der Waals surface area contributed by atoms with E-state index in [1.165, 1.54) is 42.5 Å². The minimum Gasteiger partial charge on any atom is -0.505 e. The van der Waals surface area contributed by atoms with Gasteiger partial charge in [0.15, 0.2) is 11.4 Å². The lowest BCUT2D eigenvalue weighted by Crippen LogP contribution is -2.34. The number of amides is 1. The van der Waals surface area contributed by atoms with Crippen molar-refractivity contribution in [3.05, 3.63) is 71.8 Å². The van der Waals surface area contributed by atoms with Crippen LogP contribution >= 0.6 is 0 Å². The first kappa shape index (κ1) is 25.2. The van der Waals surface area contributed by atoms with Gasteiger partial charge in [-0.2, -0.15) is 28.4 Å². The molecule has 9 nitrogen and oxygen atoms in total. The Morgan fingerprint density at radius 2 is 1.78 bits per heavy atom. The molecular formula is C25H19F3N4O5. The number of carbonyl (C=O) groups excluding carboxylic acids is 1. The van der Waals surface area contributed by atoms with Gasteiger partial charge in [-0.25, -0.2) is 4.79 Å². The van der Waals surface area contributed by atoms with Crippen molar-refractivity contribution < 1.29 is 37.7 Å². The number of rotatable bonds is 5. The van der Waals surface area contributed by atoms with Gasteiger partial charge in [0.1, 0.15) is 11.5 Å². The maximum Gasteiger partial charge on any atom is 0.511 e. The molecule has 3 aromatic rings. The Morgan fingerprint density at radius 3 is 2.46 bits per heavy atom. The molecule has 3 aromatic carbocycles. The second-order valence-corrected chi connectivity index (χ2v) is 8.00. The SMILES string of the molecule is Cc1ccc(N2N=C(C(F)(F)F)C(=NNc3cccc(-c4cccc(OC(=O)O)c4)c3O)C2=O)cc1C. The van der Waals surface area contributed by atoms with Crippen molar-refractivity contribution in [1.82, 2.24) is 0 Å². The standard InChI is InChI=1S/C25H19F3N4O5/c1-13-9-10-16(11-14(13)2)32-23(34)20(22(31-32)25(26,27)28)30-29-19-8-4-7-18(21(19)33)15-5-3-6-17(12-15)37-24(35)36/h3-12,29,33H,1-2H3,(H,35,36). The van der Waals surface area contributed by atoms with Gasteiger partial charge in [0.2, 0.25) is 0 Å². The number of hydrogen-bond acceptors (Lipinski definition) is 7. The molecule has 0 saturated heterocycles. The number of benzene rings is 3. The Labute approximate surface area is 208 Å². The van der Waals surface area contributed by atoms with E-state index in [1.807, 2.05) is 6.92 Å². The van der Waals surface area contributed by atoms with Gasteiger partial charge < -0.3 is 14.9 Å². The van der Waals surface area contributed by atoms with Crippen molar-refractivity contribution >= 4 is 34.9 Å². The summed E-state index contributed by atoms with van der Waals surface area (Å²) in [5, 5.41) is 27.3. The van der Waals surface area contributed by atoms with Crippen LogP contribution in [0.5, 0.6) is 11.5 Å². The number of aromatic hydroxyl groups is 1. The average molecular weight is 512 g/mol. The molecule has 3 N–H and O–H groups in total. The van der Waals surface area contributed by atoms with E-state index in [4.69, 9.17) is 5.11 Å². The van der Waals surface area contributed by atoms with Crippen LogP contribution in [0.3, 0.4) is 0 Å². The molecule has 0 aliphatic carbocycles. The molecule has 0 radical (unpaired) electrons. The largest absolute Gasteiger partial charge is 0.511 e. The van der Waals surface area contributed by atoms with Crippen molar-refractivity contribution in [1.29, 1.82) is 0 Å². The third-order valence-electron chi connectivity index (χ3n) is 5.50. The number of anilines is 2. The van der Waals surface area contributed by atoms with Crippen molar-refractivity contribution in [3.8, 4) is 22.6 Å². The van der Waals surface area contributed by atoms with Gasteiger partial charge in [-0.05, 0) is 60.9 Å². The van der Waals surface area contributed by atoms with Gasteiger partial charge in [-0.3, -0.25) is 10.2 Å². The molecule has 1 amide bonds. The molecule has 4 rings (SSSR count). The molecule has 0 unspecified atom stereocenters. The van der Waals surface area contributed by atoms with Crippen LogP contribution < -0.4 is 15.2 Å². The molecule has 37 heavy (non-hydrogen) atoms. The second-order valence-electron chi connectivity index (χ2n) is 8.00. The van der Waals surface area contributed by atoms with E-state index in [-0.39, 0.29) is 22.7 Å². The lowest BCUT2D eigenvalue weighted by atomic mass is 10.0. The van der Waals surface area contributed by atoms with E-state index in [9.17, 15) is 27.9 Å². The van der Waals surface area contributed by atoms with Crippen molar-refractivity contribution in [2.24, 2.45) is 10.2 Å². The molecular weight excluding hydrogens is 493 g/mol. The van der Waals surface area contributed by atoms with E-state index in [0.717, 1.165) is 11.1 Å². The summed E-state index contributed by atoms with van der Waals surface area (Å²) in [6.45, 7) is 3.58. The Bertz CT molecular complexity index is 1470. The summed E-state index contributed by atoms with van der Waals surface area (Å²) in [6.07, 6.45) is -6.50. The van der Waals surface area contributed by atoms with Crippen molar-refractivity contribution in [2.75, 3.05) is 10.4 Å². The first-order chi connectivity index (χ1) is 17.5. The zero-order valence-corrected chi connectivity index (χ0v) is 19.4. The quantitative estimate of drug-likeness (QED) is 0.180. The minimum absolute atomic E-state index is 0.00276. The van der Waals surface area contributed by atoms with Crippen LogP contribution in [0.2, 0.25) is 0 Å². The maximum atomic E-state index is 13.7. The highest BCUT2D eigenvalue weighted by molar-refractivity contribution is 6.72. The number of ether oxygens (including phenoxy) is 1. The average Bonchev–Trinajstić information content (AvgIpc) is 3.16. The summed E-state index contributed by atoms with van der Waals surface area (Å²) < 4.78 is 45.8. The van der Waals surface area contributed by atoms with Crippen LogP contribution in [0.15, 0.2) is 70.9 Å². The van der Waals surface area contributed by atoms with Crippen molar-refractivity contribution in [2.45, 2.75) is 20.0 Å². The Morgan fingerprint density at radius 1 is 1.05 bits per heavy atom. The number of hydrazone groups is 2. The number of alkyl halides is 3. The zero-order valence-electron chi connectivity index (χ0n) is 19.4. The van der Waals surface area contributed by atoms with Crippen molar-refractivity contribution in [3.63, 3.8) is 0 Å². The van der Waals surface area contributed by atoms with Crippen LogP contribution in [0.1, 0.15) is 11.1 Å². The van der Waals surface area contributed by atoms with E-state index < -0.39 is 35.4 Å². The van der Waals surface area contributed by atoms with E-state index in [1.54, 1.807) is 25.1 Å². The number of para-hydroxylation sites is 1. The Kier molecular flexibility index (Phi) is 6.58. The summed E-state index contributed by atoms with van der Waals surface area (Å²) in [5.41, 5.74) is 2.12. The van der Waals surface area contributed by atoms with Gasteiger partial charge in [-0.1, -0.05) is 30.3 Å². The predicted molar refractivity (Wildman–Crippen MR) is 130 cm³/mol. The Balaban J connectivity index is 1.67. The van der Waals surface area contributed by atoms with Gasteiger partial charge in [0.05, 0.1) is 11.4 Å².